The van der Waals surface area contributed by atoms with Crippen LogP contribution in [0.1, 0.15) is 19.3 Å². The van der Waals surface area contributed by atoms with Crippen molar-refractivity contribution in [3.05, 3.63) is 29.8 Å². The first-order valence-corrected chi connectivity index (χ1v) is 4.47. The first-order valence-electron chi connectivity index (χ1n) is 4.47. The zero-order valence-electron chi connectivity index (χ0n) is 7.19. The molecule has 1 nitrogen and oxygen atoms in total. The van der Waals surface area contributed by atoms with Gasteiger partial charge in [-0.25, -0.2) is 8.78 Å². The molecule has 0 atom stereocenters. The second kappa shape index (κ2) is 3.32. The van der Waals surface area contributed by atoms with Gasteiger partial charge in [-0.2, -0.15) is 0 Å². The van der Waals surface area contributed by atoms with E-state index in [-0.39, 0.29) is 0 Å². The molecule has 0 amide bonds. The third-order valence-corrected chi connectivity index (χ3v) is 2.40. The zero-order chi connectivity index (χ0) is 9.26. The highest BCUT2D eigenvalue weighted by Crippen LogP contribution is 2.24. The summed E-state index contributed by atoms with van der Waals surface area (Å²) in [5.41, 5.74) is 0.408. The average molecular weight is 183 g/mol. The van der Waals surface area contributed by atoms with E-state index in [2.05, 4.69) is 5.32 Å². The van der Waals surface area contributed by atoms with Gasteiger partial charge in [0.2, 0.25) is 0 Å². The minimum absolute atomic E-state index is 0.375. The van der Waals surface area contributed by atoms with Crippen LogP contribution in [0.4, 0.5) is 14.5 Å². The van der Waals surface area contributed by atoms with Crippen molar-refractivity contribution in [1.82, 2.24) is 0 Å². The molecule has 0 saturated heterocycles. The number of rotatable bonds is 2. The molecule has 1 N–H and O–H groups in total. The van der Waals surface area contributed by atoms with Crippen molar-refractivity contribution in [2.24, 2.45) is 0 Å². The van der Waals surface area contributed by atoms with E-state index in [0.29, 0.717) is 11.7 Å². The van der Waals surface area contributed by atoms with Crippen LogP contribution in [-0.2, 0) is 0 Å². The lowest BCUT2D eigenvalue weighted by molar-refractivity contribution is 0.443. The zero-order valence-corrected chi connectivity index (χ0v) is 7.19. The average Bonchev–Trinajstić information content (AvgIpc) is 1.99. The van der Waals surface area contributed by atoms with Gasteiger partial charge in [-0.05, 0) is 31.4 Å². The van der Waals surface area contributed by atoms with E-state index < -0.39 is 11.6 Å². The van der Waals surface area contributed by atoms with Gasteiger partial charge >= 0.3 is 0 Å². The van der Waals surface area contributed by atoms with Gasteiger partial charge in [0.15, 0.2) is 0 Å². The number of anilines is 1. The van der Waals surface area contributed by atoms with Crippen LogP contribution in [-0.4, -0.2) is 6.04 Å². The number of hydrogen-bond donors (Lipinski definition) is 1. The smallest absolute Gasteiger partial charge is 0.149 e. The van der Waals surface area contributed by atoms with E-state index in [0.717, 1.165) is 18.9 Å². The summed E-state index contributed by atoms with van der Waals surface area (Å²) in [6.07, 6.45) is 3.36. The van der Waals surface area contributed by atoms with Crippen molar-refractivity contribution < 1.29 is 8.78 Å². The van der Waals surface area contributed by atoms with E-state index in [1.807, 2.05) is 0 Å². The standard InChI is InChI=1S/C10H11F2N/c11-7-4-5-10(9(12)6-7)13-8-2-1-3-8/h4-6,8,13H,1-3H2. The summed E-state index contributed by atoms with van der Waals surface area (Å²) in [7, 11) is 0. The number of benzene rings is 1. The molecule has 1 aliphatic carbocycles. The fraction of sp³-hybridized carbons (Fsp3) is 0.400. The van der Waals surface area contributed by atoms with Crippen LogP contribution < -0.4 is 5.32 Å². The largest absolute Gasteiger partial charge is 0.380 e. The van der Waals surface area contributed by atoms with Crippen LogP contribution in [0.15, 0.2) is 18.2 Å². The van der Waals surface area contributed by atoms with Crippen LogP contribution in [0.5, 0.6) is 0 Å². The molecule has 0 radical (unpaired) electrons. The van der Waals surface area contributed by atoms with E-state index in [9.17, 15) is 8.78 Å². The van der Waals surface area contributed by atoms with E-state index in [1.165, 1.54) is 18.6 Å². The van der Waals surface area contributed by atoms with Gasteiger partial charge in [0.25, 0.3) is 0 Å². The van der Waals surface area contributed by atoms with E-state index >= 15 is 0 Å². The maximum absolute atomic E-state index is 13.1. The third kappa shape index (κ3) is 1.79. The maximum atomic E-state index is 13.1. The molecule has 3 heteroatoms. The summed E-state index contributed by atoms with van der Waals surface area (Å²) in [5, 5.41) is 3.03. The number of hydrogen-bond acceptors (Lipinski definition) is 1. The van der Waals surface area contributed by atoms with Crippen LogP contribution >= 0.6 is 0 Å². The van der Waals surface area contributed by atoms with Crippen LogP contribution in [0.2, 0.25) is 0 Å². The molecule has 2 rings (SSSR count). The Morgan fingerprint density at radius 1 is 1.23 bits per heavy atom. The van der Waals surface area contributed by atoms with Crippen molar-refractivity contribution in [3.63, 3.8) is 0 Å². The van der Waals surface area contributed by atoms with Crippen LogP contribution in [0.3, 0.4) is 0 Å². The molecule has 1 aromatic rings. The van der Waals surface area contributed by atoms with Gasteiger partial charge in [-0.15, -0.1) is 0 Å². The second-order valence-corrected chi connectivity index (χ2v) is 3.40. The van der Waals surface area contributed by atoms with Crippen LogP contribution in [0, 0.1) is 11.6 Å². The molecule has 13 heavy (non-hydrogen) atoms. The molecule has 1 aliphatic rings. The SMILES string of the molecule is Fc1ccc(NC2CCC2)c(F)c1. The molecule has 1 fully saturated rings. The fourth-order valence-corrected chi connectivity index (χ4v) is 1.38. The van der Waals surface area contributed by atoms with Gasteiger partial charge in [-0.1, -0.05) is 0 Å². The van der Waals surface area contributed by atoms with Crippen molar-refractivity contribution in [3.8, 4) is 0 Å². The Balaban J connectivity index is 2.10. The van der Waals surface area contributed by atoms with Crippen molar-refractivity contribution in [2.45, 2.75) is 25.3 Å². The normalized spacial score (nSPS) is 16.8. The Hall–Kier alpha value is -1.12. The Kier molecular flexibility index (Phi) is 2.17. The molecular formula is C10H11F2N. The topological polar surface area (TPSA) is 12.0 Å². The molecule has 0 unspecified atom stereocenters. The quantitative estimate of drug-likeness (QED) is 0.743. The third-order valence-electron chi connectivity index (χ3n) is 2.40. The van der Waals surface area contributed by atoms with E-state index in [1.54, 1.807) is 0 Å². The molecule has 0 aromatic heterocycles. The highest BCUT2D eigenvalue weighted by Gasteiger charge is 2.18. The lowest BCUT2D eigenvalue weighted by atomic mass is 9.93. The summed E-state index contributed by atoms with van der Waals surface area (Å²) in [5.74, 6) is -1.04. The minimum atomic E-state index is -0.531. The van der Waals surface area contributed by atoms with Crippen molar-refractivity contribution in [2.75, 3.05) is 5.32 Å². The Morgan fingerprint density at radius 2 is 2.00 bits per heavy atom. The second-order valence-electron chi connectivity index (χ2n) is 3.40. The highest BCUT2D eigenvalue weighted by atomic mass is 19.1. The van der Waals surface area contributed by atoms with Gasteiger partial charge in [0.1, 0.15) is 11.6 Å². The number of halogens is 2. The predicted octanol–water partition coefficient (Wildman–Crippen LogP) is 2.93. The van der Waals surface area contributed by atoms with Gasteiger partial charge in [0, 0.05) is 12.1 Å². The minimum Gasteiger partial charge on any atom is -0.380 e. The Morgan fingerprint density at radius 3 is 2.54 bits per heavy atom. The molecule has 0 heterocycles. The first kappa shape index (κ1) is 8.48. The molecular weight excluding hydrogens is 172 g/mol. The molecule has 0 aliphatic heterocycles. The summed E-state index contributed by atoms with van der Waals surface area (Å²) in [6.45, 7) is 0. The summed E-state index contributed by atoms with van der Waals surface area (Å²) < 4.78 is 25.6. The van der Waals surface area contributed by atoms with Crippen LogP contribution in [0.25, 0.3) is 0 Å². The summed E-state index contributed by atoms with van der Waals surface area (Å²) >= 11 is 0. The maximum Gasteiger partial charge on any atom is 0.149 e. The monoisotopic (exact) mass is 183 g/mol. The molecule has 1 saturated carbocycles. The molecule has 0 spiro atoms. The number of nitrogens with one attached hydrogen (secondary N) is 1. The Bertz CT molecular complexity index is 308. The van der Waals surface area contributed by atoms with Gasteiger partial charge in [0.05, 0.1) is 5.69 Å². The van der Waals surface area contributed by atoms with Crippen molar-refractivity contribution in [1.29, 1.82) is 0 Å². The lowest BCUT2D eigenvalue weighted by Gasteiger charge is -2.27. The molecule has 70 valence electrons. The Labute approximate surface area is 75.8 Å². The van der Waals surface area contributed by atoms with Crippen molar-refractivity contribution >= 4 is 5.69 Å². The summed E-state index contributed by atoms with van der Waals surface area (Å²) in [6, 6.07) is 3.99. The highest BCUT2D eigenvalue weighted by molar-refractivity contribution is 5.45. The molecule has 0 bridgehead atoms. The van der Waals surface area contributed by atoms with Gasteiger partial charge < -0.3 is 5.32 Å². The lowest BCUT2D eigenvalue weighted by Crippen LogP contribution is -2.27. The summed E-state index contributed by atoms with van der Waals surface area (Å²) in [4.78, 5) is 0. The predicted molar refractivity (Wildman–Crippen MR) is 47.6 cm³/mol. The first-order chi connectivity index (χ1) is 6.25. The van der Waals surface area contributed by atoms with Gasteiger partial charge in [-0.3, -0.25) is 0 Å². The fourth-order valence-electron chi connectivity index (χ4n) is 1.38. The molecule has 1 aromatic carbocycles. The van der Waals surface area contributed by atoms with E-state index in [4.69, 9.17) is 0 Å².